The molecule has 1 saturated carbocycles. The highest BCUT2D eigenvalue weighted by Gasteiger charge is 2.40. The van der Waals surface area contributed by atoms with Gasteiger partial charge in [-0.05, 0) is 66.8 Å². The minimum Gasteiger partial charge on any atom is -0.489 e. The molecule has 1 atom stereocenters. The number of nitrogens with zero attached hydrogens (tertiary/aromatic N) is 2. The van der Waals surface area contributed by atoms with Crippen LogP contribution in [0.1, 0.15) is 42.2 Å². The van der Waals surface area contributed by atoms with Crippen LogP contribution >= 0.6 is 11.3 Å². The summed E-state index contributed by atoms with van der Waals surface area (Å²) in [5.41, 5.74) is 8.77. The summed E-state index contributed by atoms with van der Waals surface area (Å²) in [4.78, 5) is 19.6. The van der Waals surface area contributed by atoms with E-state index in [2.05, 4.69) is 29.4 Å². The largest absolute Gasteiger partial charge is 0.489 e. The molecule has 1 fully saturated rings. The molecule has 10 heteroatoms. The summed E-state index contributed by atoms with van der Waals surface area (Å²) >= 11 is 1.76. The van der Waals surface area contributed by atoms with Crippen molar-refractivity contribution in [3.05, 3.63) is 76.4 Å². The Morgan fingerprint density at radius 1 is 1.23 bits per heavy atom. The first-order chi connectivity index (χ1) is 18.5. The summed E-state index contributed by atoms with van der Waals surface area (Å²) in [6.45, 7) is 2.49. The molecule has 39 heavy (non-hydrogen) atoms. The normalized spacial score (nSPS) is 14.9. The number of aliphatic imine (C=N–C) groups is 1. The van der Waals surface area contributed by atoms with Gasteiger partial charge in [0.25, 0.3) is 0 Å². The predicted molar refractivity (Wildman–Crippen MR) is 153 cm³/mol. The van der Waals surface area contributed by atoms with Crippen LogP contribution < -0.4 is 15.8 Å². The molecule has 1 aromatic heterocycles. The number of carbonyl (C=O) groups is 1. The molecule has 0 amide bonds. The van der Waals surface area contributed by atoms with Crippen molar-refractivity contribution in [2.24, 2.45) is 10.7 Å². The van der Waals surface area contributed by atoms with E-state index in [-0.39, 0.29) is 36.2 Å². The van der Waals surface area contributed by atoms with Gasteiger partial charge in [-0.15, -0.1) is 11.3 Å². The number of rotatable bonds is 10. The van der Waals surface area contributed by atoms with Crippen molar-refractivity contribution in [1.82, 2.24) is 10.2 Å². The molecule has 2 aromatic carbocycles. The fraction of sp³-hybridized carbons (Fsp3) is 0.345. The highest BCUT2D eigenvalue weighted by Crippen LogP contribution is 2.51. The zero-order chi connectivity index (χ0) is 28.2. The maximum Gasteiger partial charge on any atom is 0.305 e. The van der Waals surface area contributed by atoms with Crippen molar-refractivity contribution in [1.29, 1.82) is 5.41 Å². The zero-order valence-corrected chi connectivity index (χ0v) is 23.1. The number of hydrogen-bond acceptors (Lipinski definition) is 5. The Morgan fingerprint density at radius 3 is 2.59 bits per heavy atom. The van der Waals surface area contributed by atoms with Crippen molar-refractivity contribution in [3.63, 3.8) is 0 Å². The Labute approximate surface area is 231 Å². The van der Waals surface area contributed by atoms with Gasteiger partial charge in [-0.3, -0.25) is 15.5 Å². The third-order valence-electron chi connectivity index (χ3n) is 6.75. The van der Waals surface area contributed by atoms with Crippen molar-refractivity contribution in [2.75, 3.05) is 14.1 Å². The van der Waals surface area contributed by atoms with Crippen molar-refractivity contribution in [2.45, 2.75) is 50.7 Å². The van der Waals surface area contributed by atoms with Crippen LogP contribution in [-0.2, 0) is 23.2 Å². The number of halogens is 1. The second-order valence-corrected chi connectivity index (χ2v) is 11.4. The van der Waals surface area contributed by atoms with Crippen LogP contribution in [0.3, 0.4) is 0 Å². The van der Waals surface area contributed by atoms with Crippen LogP contribution in [0.4, 0.5) is 4.39 Å². The van der Waals surface area contributed by atoms with E-state index < -0.39 is 12.0 Å². The van der Waals surface area contributed by atoms with Crippen LogP contribution in [0.2, 0.25) is 0 Å². The van der Waals surface area contributed by atoms with Gasteiger partial charge in [-0.2, -0.15) is 0 Å². The van der Waals surface area contributed by atoms with Crippen LogP contribution in [-0.4, -0.2) is 48.0 Å². The number of benzene rings is 2. The van der Waals surface area contributed by atoms with Gasteiger partial charge >= 0.3 is 5.97 Å². The standard InChI is InChI=1S/C29H34FN5O3S/c1-29(12-13-29)25-11-10-24(39-25)23-9-6-20(30)15-19(23)17-38-22-7-4-18(5-8-22)14-21(16-26(36)37)33-27(31)34-28(32)35(2)3/h4-11,15,21H,12-14,16-17H2,1-3H3,(H,36,37)(H4,31,32,33,34). The van der Waals surface area contributed by atoms with E-state index in [0.717, 1.165) is 21.6 Å². The number of carboxylic acid groups (broad SMARTS) is 1. The van der Waals surface area contributed by atoms with E-state index in [0.29, 0.717) is 12.2 Å². The molecule has 8 nitrogen and oxygen atoms in total. The van der Waals surface area contributed by atoms with E-state index in [4.69, 9.17) is 15.9 Å². The second kappa shape index (κ2) is 11.9. The Bertz CT molecular complexity index is 1370. The molecule has 3 aromatic rings. The van der Waals surface area contributed by atoms with Crippen molar-refractivity contribution < 1.29 is 19.0 Å². The number of nitrogens with one attached hydrogen (secondary N) is 2. The number of carboxylic acids is 1. The maximum atomic E-state index is 14.1. The Hall–Kier alpha value is -3.92. The van der Waals surface area contributed by atoms with E-state index in [9.17, 15) is 14.3 Å². The molecule has 0 radical (unpaired) electrons. The molecule has 0 saturated heterocycles. The minimum absolute atomic E-state index is 0.0186. The molecule has 206 valence electrons. The van der Waals surface area contributed by atoms with Gasteiger partial charge < -0.3 is 20.5 Å². The quantitative estimate of drug-likeness (QED) is 0.208. The van der Waals surface area contributed by atoms with Crippen LogP contribution in [0.5, 0.6) is 5.75 Å². The lowest BCUT2D eigenvalue weighted by molar-refractivity contribution is -0.137. The Morgan fingerprint density at radius 2 is 1.95 bits per heavy atom. The first-order valence-corrected chi connectivity index (χ1v) is 13.5. The molecule has 0 aliphatic heterocycles. The van der Waals surface area contributed by atoms with Crippen LogP contribution in [0.15, 0.2) is 59.6 Å². The summed E-state index contributed by atoms with van der Waals surface area (Å²) in [7, 11) is 3.37. The Kier molecular flexibility index (Phi) is 8.54. The molecule has 1 aliphatic rings. The van der Waals surface area contributed by atoms with Crippen LogP contribution in [0.25, 0.3) is 10.4 Å². The lowest BCUT2D eigenvalue weighted by Gasteiger charge is -2.17. The molecule has 1 aliphatic carbocycles. The fourth-order valence-electron chi connectivity index (χ4n) is 4.15. The summed E-state index contributed by atoms with van der Waals surface area (Å²) in [5.74, 6) is -0.655. The first-order valence-electron chi connectivity index (χ1n) is 12.7. The van der Waals surface area contributed by atoms with Gasteiger partial charge in [0.2, 0.25) is 0 Å². The SMILES string of the molecule is CN(C)C(=N)N/C(N)=N/C(CC(=O)O)Cc1ccc(OCc2cc(F)ccc2-c2ccc(C3(C)CC3)s2)cc1. The summed E-state index contributed by atoms with van der Waals surface area (Å²) in [5, 5.41) is 19.8. The molecule has 1 heterocycles. The van der Waals surface area contributed by atoms with Crippen LogP contribution in [0, 0.1) is 11.2 Å². The molecular weight excluding hydrogens is 517 g/mol. The summed E-state index contributed by atoms with van der Waals surface area (Å²) in [6, 6.07) is 15.8. The molecule has 0 bridgehead atoms. The number of thiophene rings is 1. The monoisotopic (exact) mass is 551 g/mol. The van der Waals surface area contributed by atoms with Crippen molar-refractivity contribution >= 4 is 29.2 Å². The molecule has 0 spiro atoms. The van der Waals surface area contributed by atoms with Gasteiger partial charge in [0.05, 0.1) is 12.5 Å². The number of nitrogens with two attached hydrogens (primary N) is 1. The van der Waals surface area contributed by atoms with E-state index >= 15 is 0 Å². The summed E-state index contributed by atoms with van der Waals surface area (Å²) < 4.78 is 20.1. The number of hydrogen-bond donors (Lipinski definition) is 4. The first kappa shape index (κ1) is 28.1. The molecule has 4 rings (SSSR count). The highest BCUT2D eigenvalue weighted by molar-refractivity contribution is 7.15. The minimum atomic E-state index is -0.991. The maximum absolute atomic E-state index is 14.1. The second-order valence-electron chi connectivity index (χ2n) is 10.3. The van der Waals surface area contributed by atoms with Gasteiger partial charge in [0, 0.05) is 34.8 Å². The highest BCUT2D eigenvalue weighted by atomic mass is 32.1. The zero-order valence-electron chi connectivity index (χ0n) is 22.3. The Balaban J connectivity index is 1.42. The van der Waals surface area contributed by atoms with Gasteiger partial charge in [-0.1, -0.05) is 25.1 Å². The van der Waals surface area contributed by atoms with Crippen molar-refractivity contribution in [3.8, 4) is 16.2 Å². The fourth-order valence-corrected chi connectivity index (χ4v) is 5.41. The van der Waals surface area contributed by atoms with E-state index in [1.54, 1.807) is 37.6 Å². The molecule has 1 unspecified atom stereocenters. The number of guanidine groups is 2. The van der Waals surface area contributed by atoms with Gasteiger partial charge in [-0.25, -0.2) is 9.38 Å². The van der Waals surface area contributed by atoms with E-state index in [1.807, 2.05) is 18.2 Å². The smallest absolute Gasteiger partial charge is 0.305 e. The van der Waals surface area contributed by atoms with E-state index in [1.165, 1.54) is 34.8 Å². The molecule has 5 N–H and O–H groups in total. The van der Waals surface area contributed by atoms with Gasteiger partial charge in [0.1, 0.15) is 18.2 Å². The third-order valence-corrected chi connectivity index (χ3v) is 8.17. The topological polar surface area (TPSA) is 124 Å². The average Bonchev–Trinajstić information content (AvgIpc) is 3.42. The molecular formula is C29H34FN5O3S. The lowest BCUT2D eigenvalue weighted by atomic mass is 10.0. The lowest BCUT2D eigenvalue weighted by Crippen LogP contribution is -2.44. The average molecular weight is 552 g/mol. The predicted octanol–water partition coefficient (Wildman–Crippen LogP) is 4.97. The van der Waals surface area contributed by atoms with Gasteiger partial charge in [0.15, 0.2) is 11.9 Å². The summed E-state index contributed by atoms with van der Waals surface area (Å²) in [6.07, 6.45) is 2.55. The number of aliphatic carboxylic acids is 1. The number of ether oxygens (including phenoxy) is 1. The third kappa shape index (κ3) is 7.57.